The largest absolute Gasteiger partial charge is 0.264 e. The Kier molecular flexibility index (Phi) is 4.17. The van der Waals surface area contributed by atoms with Gasteiger partial charge in [0.1, 0.15) is 8.53 Å². The van der Waals surface area contributed by atoms with Crippen LogP contribution < -0.4 is 0 Å². The van der Waals surface area contributed by atoms with Crippen LogP contribution in [0.25, 0.3) is 0 Å². The maximum Gasteiger partial charge on any atom is 0.219 e. The van der Waals surface area contributed by atoms with Gasteiger partial charge in [0, 0.05) is 16.7 Å². The monoisotopic (exact) mass is 374 g/mol. The van der Waals surface area contributed by atoms with Crippen molar-refractivity contribution in [3.63, 3.8) is 0 Å². The second-order valence-corrected chi connectivity index (χ2v) is 4.74. The highest BCUT2D eigenvalue weighted by molar-refractivity contribution is 14.1. The number of hydrogen-bond donors (Lipinski definition) is 0. The molecule has 0 spiro atoms. The van der Waals surface area contributed by atoms with Gasteiger partial charge >= 0.3 is 0 Å². The van der Waals surface area contributed by atoms with E-state index in [0.29, 0.717) is 5.56 Å². The molecule has 4 nitrogen and oxygen atoms in total. The Labute approximate surface area is 101 Å². The summed E-state index contributed by atoms with van der Waals surface area (Å²) in [7, 11) is 0. The van der Waals surface area contributed by atoms with Crippen molar-refractivity contribution in [2.24, 2.45) is 0 Å². The normalized spacial score (nSPS) is 12.5. The number of pyridine rings is 1. The third-order valence-electron chi connectivity index (χ3n) is 1.52. The van der Waals surface area contributed by atoms with Crippen LogP contribution in [0.15, 0.2) is 16.9 Å². The van der Waals surface area contributed by atoms with E-state index in [9.17, 15) is 14.5 Å². The molecule has 1 rings (SSSR count). The van der Waals surface area contributed by atoms with Crippen molar-refractivity contribution in [2.75, 3.05) is 6.54 Å². The summed E-state index contributed by atoms with van der Waals surface area (Å²) in [5, 5.41) is 10.2. The molecule has 1 unspecified atom stereocenters. The molecule has 0 fully saturated rings. The van der Waals surface area contributed by atoms with Gasteiger partial charge in [-0.1, -0.05) is 22.6 Å². The first-order chi connectivity index (χ1) is 6.52. The summed E-state index contributed by atoms with van der Waals surface area (Å²) in [6.45, 7) is -0.298. The summed E-state index contributed by atoms with van der Waals surface area (Å²) in [5.41, 5.74) is 0.296. The molecular formula is C7H5BrFIN2O2. The number of halogens is 3. The van der Waals surface area contributed by atoms with Gasteiger partial charge in [-0.25, -0.2) is 9.37 Å². The Bertz CT molecular complexity index is 364. The van der Waals surface area contributed by atoms with Crippen LogP contribution in [0.1, 0.15) is 9.49 Å². The van der Waals surface area contributed by atoms with Crippen molar-refractivity contribution >= 4 is 38.5 Å². The highest BCUT2D eigenvalue weighted by atomic mass is 127. The molecule has 0 saturated heterocycles. The summed E-state index contributed by atoms with van der Waals surface area (Å²) in [6, 6.07) is 1.45. The fraction of sp³-hybridized carbons (Fsp3) is 0.286. The molecule has 0 aliphatic carbocycles. The first-order valence-corrected chi connectivity index (χ1v) is 5.62. The number of hydrogen-bond acceptors (Lipinski definition) is 3. The lowest BCUT2D eigenvalue weighted by atomic mass is 10.2. The molecule has 1 heterocycles. The SMILES string of the molecule is O=[N+]([O-])CC(I)c1ccnc(Br)c1F. The Hall–Kier alpha value is -0.310. The maximum atomic E-state index is 13.4. The van der Waals surface area contributed by atoms with Gasteiger partial charge in [0.25, 0.3) is 0 Å². The molecule has 1 aromatic rings. The van der Waals surface area contributed by atoms with E-state index in [4.69, 9.17) is 0 Å². The van der Waals surface area contributed by atoms with E-state index in [1.54, 1.807) is 0 Å². The van der Waals surface area contributed by atoms with Gasteiger partial charge in [-0.2, -0.15) is 0 Å². The van der Waals surface area contributed by atoms with Crippen molar-refractivity contribution < 1.29 is 9.31 Å². The average Bonchev–Trinajstić information content (AvgIpc) is 2.08. The molecule has 7 heteroatoms. The standard InChI is InChI=1S/C7H5BrFIN2O2/c8-7-6(9)4(1-2-11-7)5(10)3-12(13)14/h1-2,5H,3H2. The quantitative estimate of drug-likeness (QED) is 0.269. The van der Waals surface area contributed by atoms with Crippen LogP contribution in [0, 0.1) is 15.9 Å². The minimum atomic E-state index is -0.534. The first kappa shape index (κ1) is 11.8. The number of nitro groups is 1. The number of nitrogens with zero attached hydrogens (tertiary/aromatic N) is 2. The molecule has 1 atom stereocenters. The predicted octanol–water partition coefficient (Wildman–Crippen LogP) is 2.74. The van der Waals surface area contributed by atoms with E-state index in [0.717, 1.165) is 0 Å². The fourth-order valence-electron chi connectivity index (χ4n) is 0.903. The molecule has 0 amide bonds. The summed E-state index contributed by atoms with van der Waals surface area (Å²) < 4.78 is 13.0. The average molecular weight is 375 g/mol. The molecule has 0 saturated carbocycles. The molecule has 14 heavy (non-hydrogen) atoms. The smallest absolute Gasteiger partial charge is 0.219 e. The Morgan fingerprint density at radius 1 is 1.79 bits per heavy atom. The third kappa shape index (κ3) is 2.84. The molecule has 0 aliphatic rings. The van der Waals surface area contributed by atoms with Crippen LogP contribution in [0.4, 0.5) is 4.39 Å². The lowest BCUT2D eigenvalue weighted by molar-refractivity contribution is -0.478. The molecule has 0 aromatic carbocycles. The number of alkyl halides is 1. The second-order valence-electron chi connectivity index (χ2n) is 2.49. The summed E-state index contributed by atoms with van der Waals surface area (Å²) in [4.78, 5) is 13.4. The van der Waals surface area contributed by atoms with E-state index >= 15 is 0 Å². The Morgan fingerprint density at radius 3 is 3.00 bits per heavy atom. The third-order valence-corrected chi connectivity index (χ3v) is 3.14. The molecule has 76 valence electrons. The van der Waals surface area contributed by atoms with Gasteiger partial charge in [0.15, 0.2) is 5.82 Å². The van der Waals surface area contributed by atoms with Crippen LogP contribution in [-0.2, 0) is 0 Å². The molecule has 1 aromatic heterocycles. The number of aromatic nitrogens is 1. The van der Waals surface area contributed by atoms with E-state index in [-0.39, 0.29) is 11.1 Å². The lowest BCUT2D eigenvalue weighted by Gasteiger charge is -2.06. The molecule has 0 N–H and O–H groups in total. The second kappa shape index (κ2) is 4.96. The van der Waals surface area contributed by atoms with E-state index in [2.05, 4.69) is 20.9 Å². The minimum absolute atomic E-state index is 0.0833. The highest BCUT2D eigenvalue weighted by Gasteiger charge is 2.19. The lowest BCUT2D eigenvalue weighted by Crippen LogP contribution is -2.09. The summed E-state index contributed by atoms with van der Waals surface area (Å²) in [6.07, 6.45) is 1.41. The van der Waals surface area contributed by atoms with Crippen molar-refractivity contribution in [2.45, 2.75) is 3.92 Å². The first-order valence-electron chi connectivity index (χ1n) is 3.58. The van der Waals surface area contributed by atoms with E-state index in [1.165, 1.54) is 12.3 Å². The van der Waals surface area contributed by atoms with Crippen molar-refractivity contribution in [3.8, 4) is 0 Å². The Balaban J connectivity index is 2.95. The molecule has 0 radical (unpaired) electrons. The van der Waals surface area contributed by atoms with Gasteiger partial charge < -0.3 is 0 Å². The number of rotatable bonds is 3. The maximum absolute atomic E-state index is 13.4. The zero-order valence-corrected chi connectivity index (χ0v) is 10.5. The van der Waals surface area contributed by atoms with Crippen LogP contribution in [0.2, 0.25) is 0 Å². The van der Waals surface area contributed by atoms with Crippen molar-refractivity contribution in [1.82, 2.24) is 4.98 Å². The zero-order chi connectivity index (χ0) is 10.7. The topological polar surface area (TPSA) is 56.0 Å². The molecule has 0 aliphatic heterocycles. The van der Waals surface area contributed by atoms with Gasteiger partial charge in [-0.3, -0.25) is 10.1 Å². The van der Waals surface area contributed by atoms with Gasteiger partial charge in [-0.15, -0.1) is 0 Å². The van der Waals surface area contributed by atoms with Crippen molar-refractivity contribution in [1.29, 1.82) is 0 Å². The van der Waals surface area contributed by atoms with Gasteiger partial charge in [0.05, 0.1) is 0 Å². The molecule has 0 bridgehead atoms. The van der Waals surface area contributed by atoms with Gasteiger partial charge in [0.2, 0.25) is 6.54 Å². The summed E-state index contributed by atoms with van der Waals surface area (Å²) >= 11 is 4.76. The van der Waals surface area contributed by atoms with Crippen LogP contribution in [0.5, 0.6) is 0 Å². The van der Waals surface area contributed by atoms with Gasteiger partial charge in [-0.05, 0) is 22.0 Å². The Morgan fingerprint density at radius 2 is 2.43 bits per heavy atom. The van der Waals surface area contributed by atoms with E-state index in [1.807, 2.05) is 22.6 Å². The highest BCUT2D eigenvalue weighted by Crippen LogP contribution is 2.28. The van der Waals surface area contributed by atoms with Crippen LogP contribution in [0.3, 0.4) is 0 Å². The van der Waals surface area contributed by atoms with Crippen molar-refractivity contribution in [3.05, 3.63) is 38.4 Å². The fourth-order valence-corrected chi connectivity index (χ4v) is 2.05. The van der Waals surface area contributed by atoms with Crippen LogP contribution >= 0.6 is 38.5 Å². The zero-order valence-electron chi connectivity index (χ0n) is 6.78. The summed E-state index contributed by atoms with van der Waals surface area (Å²) in [5.74, 6) is -0.534. The molecular weight excluding hydrogens is 370 g/mol. The van der Waals surface area contributed by atoms with E-state index < -0.39 is 14.7 Å². The predicted molar refractivity (Wildman–Crippen MR) is 60.5 cm³/mol. The minimum Gasteiger partial charge on any atom is -0.264 e. The van der Waals surface area contributed by atoms with Crippen LogP contribution in [-0.4, -0.2) is 16.5 Å².